The monoisotopic (exact) mass is 188 g/mol. The number of aliphatic carboxylic acids is 1. The molecule has 0 aliphatic carbocycles. The van der Waals surface area contributed by atoms with Crippen LogP contribution in [0.5, 0.6) is 0 Å². The second-order valence-corrected chi connectivity index (χ2v) is 3.48. The Morgan fingerprint density at radius 1 is 1.64 bits per heavy atom. The normalized spacial score (nSPS) is 14.5. The van der Waals surface area contributed by atoms with Gasteiger partial charge in [-0.1, -0.05) is 6.92 Å². The summed E-state index contributed by atoms with van der Waals surface area (Å²) < 4.78 is 34.6. The van der Waals surface area contributed by atoms with Gasteiger partial charge in [0, 0.05) is 5.25 Å². The van der Waals surface area contributed by atoms with Gasteiger partial charge < -0.3 is 5.11 Å². The molecule has 2 nitrogen and oxygen atoms in total. The summed E-state index contributed by atoms with van der Waals surface area (Å²) in [6.45, 7) is 1.23. The molecule has 6 heteroatoms. The molecule has 0 spiro atoms. The van der Waals surface area contributed by atoms with Crippen molar-refractivity contribution in [1.29, 1.82) is 0 Å². The molecule has 0 rings (SSSR count). The minimum atomic E-state index is -4.34. The summed E-state index contributed by atoms with van der Waals surface area (Å²) in [6.07, 6.45) is -0.468. The number of hydrogen-bond acceptors (Lipinski definition) is 2. The standard InChI is InChI=1S/C5H7F3O2S/c1-3(2-4(9)10)11-5(6,7)8/h3H,2H2,1H3,(H,9,10). The van der Waals surface area contributed by atoms with E-state index in [2.05, 4.69) is 0 Å². The number of alkyl halides is 3. The highest BCUT2D eigenvalue weighted by Crippen LogP contribution is 2.34. The number of rotatable bonds is 3. The van der Waals surface area contributed by atoms with Gasteiger partial charge in [-0.05, 0) is 11.8 Å². The first-order valence-electron chi connectivity index (χ1n) is 2.77. The lowest BCUT2D eigenvalue weighted by molar-refractivity contribution is -0.136. The van der Waals surface area contributed by atoms with Gasteiger partial charge >= 0.3 is 11.5 Å². The summed E-state index contributed by atoms with van der Waals surface area (Å²) in [4.78, 5) is 9.91. The van der Waals surface area contributed by atoms with Gasteiger partial charge in [-0.15, -0.1) is 0 Å². The highest BCUT2D eigenvalue weighted by Gasteiger charge is 2.31. The van der Waals surface area contributed by atoms with Crippen molar-refractivity contribution in [2.24, 2.45) is 0 Å². The third-order valence-corrected chi connectivity index (χ3v) is 1.63. The van der Waals surface area contributed by atoms with Crippen molar-refractivity contribution in [2.75, 3.05) is 0 Å². The van der Waals surface area contributed by atoms with Crippen LogP contribution < -0.4 is 0 Å². The molecule has 0 saturated carbocycles. The maximum atomic E-state index is 11.5. The van der Waals surface area contributed by atoms with Crippen molar-refractivity contribution in [1.82, 2.24) is 0 Å². The lowest BCUT2D eigenvalue weighted by atomic mass is 10.3. The van der Waals surface area contributed by atoms with Crippen LogP contribution in [0, 0.1) is 0 Å². The largest absolute Gasteiger partial charge is 0.481 e. The summed E-state index contributed by atoms with van der Waals surface area (Å²) >= 11 is -0.296. The van der Waals surface area contributed by atoms with Crippen LogP contribution in [0.1, 0.15) is 13.3 Å². The Bertz CT molecular complexity index is 145. The van der Waals surface area contributed by atoms with E-state index in [0.29, 0.717) is 0 Å². The fourth-order valence-electron chi connectivity index (χ4n) is 0.516. The van der Waals surface area contributed by atoms with E-state index < -0.39 is 23.1 Å². The second-order valence-electron chi connectivity index (χ2n) is 1.97. The van der Waals surface area contributed by atoms with Gasteiger partial charge in [0.05, 0.1) is 6.42 Å². The van der Waals surface area contributed by atoms with Crippen LogP contribution in [0.15, 0.2) is 0 Å². The molecule has 0 heterocycles. The fraction of sp³-hybridized carbons (Fsp3) is 0.800. The minimum Gasteiger partial charge on any atom is -0.481 e. The fourth-order valence-corrected chi connectivity index (χ4v) is 1.20. The summed E-state index contributed by atoms with van der Waals surface area (Å²) in [7, 11) is 0. The molecule has 0 fully saturated rings. The number of hydrogen-bond donors (Lipinski definition) is 1. The number of thioether (sulfide) groups is 1. The SMILES string of the molecule is CC(CC(=O)O)SC(F)(F)F. The van der Waals surface area contributed by atoms with E-state index in [4.69, 9.17) is 5.11 Å². The third-order valence-electron chi connectivity index (χ3n) is 0.797. The highest BCUT2D eigenvalue weighted by molar-refractivity contribution is 8.00. The second kappa shape index (κ2) is 3.85. The van der Waals surface area contributed by atoms with E-state index in [9.17, 15) is 18.0 Å². The van der Waals surface area contributed by atoms with Crippen molar-refractivity contribution in [3.05, 3.63) is 0 Å². The van der Waals surface area contributed by atoms with Gasteiger partial charge in [0.2, 0.25) is 0 Å². The molecule has 0 amide bonds. The zero-order valence-corrected chi connectivity index (χ0v) is 6.50. The number of carbonyl (C=O) groups is 1. The first-order chi connectivity index (χ1) is 4.81. The Labute approximate surface area is 65.8 Å². The molecule has 0 aromatic heterocycles. The predicted molar refractivity (Wildman–Crippen MR) is 35.4 cm³/mol. The topological polar surface area (TPSA) is 37.3 Å². The average molecular weight is 188 g/mol. The molecule has 0 saturated heterocycles. The summed E-state index contributed by atoms with van der Waals surface area (Å²) in [5.74, 6) is -1.21. The van der Waals surface area contributed by atoms with Crippen molar-refractivity contribution in [3.8, 4) is 0 Å². The van der Waals surface area contributed by atoms with Crippen LogP contribution in [-0.4, -0.2) is 21.8 Å². The lowest BCUT2D eigenvalue weighted by Gasteiger charge is -2.10. The molecule has 1 N–H and O–H groups in total. The number of halogens is 3. The van der Waals surface area contributed by atoms with Gasteiger partial charge in [0.25, 0.3) is 0 Å². The molecule has 1 unspecified atom stereocenters. The van der Waals surface area contributed by atoms with E-state index in [-0.39, 0.29) is 11.8 Å². The Morgan fingerprint density at radius 3 is 2.36 bits per heavy atom. The molecule has 66 valence electrons. The summed E-state index contributed by atoms with van der Waals surface area (Å²) in [5.41, 5.74) is -4.34. The van der Waals surface area contributed by atoms with Crippen molar-refractivity contribution < 1.29 is 23.1 Å². The van der Waals surface area contributed by atoms with Crippen LogP contribution in [0.3, 0.4) is 0 Å². The highest BCUT2D eigenvalue weighted by atomic mass is 32.2. The Balaban J connectivity index is 3.69. The van der Waals surface area contributed by atoms with Gasteiger partial charge in [0.15, 0.2) is 0 Å². The maximum Gasteiger partial charge on any atom is 0.442 e. The molecule has 0 aromatic carbocycles. The van der Waals surface area contributed by atoms with Crippen molar-refractivity contribution in [2.45, 2.75) is 24.1 Å². The minimum absolute atomic E-state index is 0.296. The molecule has 11 heavy (non-hydrogen) atoms. The van der Waals surface area contributed by atoms with E-state index in [0.717, 1.165) is 0 Å². The van der Waals surface area contributed by atoms with Gasteiger partial charge in [-0.2, -0.15) is 13.2 Å². The molecule has 1 atom stereocenters. The third kappa shape index (κ3) is 7.51. The average Bonchev–Trinajstić information content (AvgIpc) is 1.53. The van der Waals surface area contributed by atoms with Crippen LogP contribution >= 0.6 is 11.8 Å². The van der Waals surface area contributed by atoms with Crippen LogP contribution in [0.4, 0.5) is 13.2 Å². The molecule has 0 aromatic rings. The van der Waals surface area contributed by atoms with E-state index in [1.165, 1.54) is 6.92 Å². The lowest BCUT2D eigenvalue weighted by Crippen LogP contribution is -2.12. The molecule has 0 aliphatic heterocycles. The molecular weight excluding hydrogens is 181 g/mol. The summed E-state index contributed by atoms with van der Waals surface area (Å²) in [6, 6.07) is 0. The van der Waals surface area contributed by atoms with Crippen LogP contribution in [0.25, 0.3) is 0 Å². The summed E-state index contributed by atoms with van der Waals surface area (Å²) in [5, 5.41) is 7.18. The van der Waals surface area contributed by atoms with Gasteiger partial charge in [-0.3, -0.25) is 4.79 Å². The Kier molecular flexibility index (Phi) is 3.71. The predicted octanol–water partition coefficient (Wildman–Crippen LogP) is 2.10. The zero-order chi connectivity index (χ0) is 9.07. The quantitative estimate of drug-likeness (QED) is 0.736. The Hall–Kier alpha value is -0.390. The zero-order valence-electron chi connectivity index (χ0n) is 5.68. The smallest absolute Gasteiger partial charge is 0.442 e. The van der Waals surface area contributed by atoms with E-state index >= 15 is 0 Å². The molecule has 0 bridgehead atoms. The van der Waals surface area contributed by atoms with E-state index in [1.54, 1.807) is 0 Å². The number of carboxylic acids is 1. The molecule has 0 aliphatic rings. The van der Waals surface area contributed by atoms with Crippen molar-refractivity contribution >= 4 is 17.7 Å². The first kappa shape index (κ1) is 10.6. The molecular formula is C5H7F3O2S. The Morgan fingerprint density at radius 2 is 2.09 bits per heavy atom. The maximum absolute atomic E-state index is 11.5. The first-order valence-corrected chi connectivity index (χ1v) is 3.65. The molecule has 0 radical (unpaired) electrons. The van der Waals surface area contributed by atoms with Crippen LogP contribution in [0.2, 0.25) is 0 Å². The van der Waals surface area contributed by atoms with Gasteiger partial charge in [-0.25, -0.2) is 0 Å². The van der Waals surface area contributed by atoms with Crippen molar-refractivity contribution in [3.63, 3.8) is 0 Å². The van der Waals surface area contributed by atoms with Gasteiger partial charge in [0.1, 0.15) is 0 Å². The van der Waals surface area contributed by atoms with Crippen LogP contribution in [-0.2, 0) is 4.79 Å². The van der Waals surface area contributed by atoms with E-state index in [1.807, 2.05) is 0 Å². The number of carboxylic acid groups (broad SMARTS) is 1.